The lowest BCUT2D eigenvalue weighted by Gasteiger charge is -2.43. The molecule has 2 fully saturated rings. The second-order valence-corrected chi connectivity index (χ2v) is 6.21. The summed E-state index contributed by atoms with van der Waals surface area (Å²) in [6.07, 6.45) is -3.81. The Morgan fingerprint density at radius 1 is 1.26 bits per heavy atom. The maximum atomic E-state index is 14.1. The molecule has 2 aliphatic carbocycles. The van der Waals surface area contributed by atoms with Crippen LogP contribution in [0, 0.1) is 17.8 Å². The molecule has 4 nitrogen and oxygen atoms in total. The topological polar surface area (TPSA) is 55.8 Å². The van der Waals surface area contributed by atoms with Crippen molar-refractivity contribution in [1.82, 2.24) is 0 Å². The van der Waals surface area contributed by atoms with E-state index in [0.717, 1.165) is 6.42 Å². The summed E-state index contributed by atoms with van der Waals surface area (Å²) in [5, 5.41) is 9.29. The SMILES string of the molecule is O=C(OC1CCOC(O)(C(F)(F)F)C1(F)F)C1CC2C=CC1C2. The molecule has 3 rings (SSSR count). The van der Waals surface area contributed by atoms with Crippen LogP contribution in [0.25, 0.3) is 0 Å². The molecule has 1 heterocycles. The Labute approximate surface area is 128 Å². The largest absolute Gasteiger partial charge is 0.455 e. The van der Waals surface area contributed by atoms with Crippen molar-refractivity contribution < 1.29 is 41.3 Å². The zero-order valence-electron chi connectivity index (χ0n) is 11.9. The summed E-state index contributed by atoms with van der Waals surface area (Å²) in [7, 11) is 0. The standard InChI is InChI=1S/C14H15F5O4/c15-12(16)10(3-4-22-13(12,21)14(17,18)19)23-11(20)9-6-7-1-2-8(9)5-7/h1-2,7-10,21H,3-6H2. The van der Waals surface area contributed by atoms with Crippen LogP contribution in [0.3, 0.4) is 0 Å². The molecule has 0 aromatic carbocycles. The summed E-state index contributed by atoms with van der Waals surface area (Å²) >= 11 is 0. The highest BCUT2D eigenvalue weighted by molar-refractivity contribution is 5.74. The zero-order chi connectivity index (χ0) is 17.0. The van der Waals surface area contributed by atoms with Gasteiger partial charge in [0.25, 0.3) is 0 Å². The van der Waals surface area contributed by atoms with E-state index in [1.54, 1.807) is 6.08 Å². The van der Waals surface area contributed by atoms with E-state index >= 15 is 0 Å². The number of allylic oxidation sites excluding steroid dienone is 2. The summed E-state index contributed by atoms with van der Waals surface area (Å²) in [6, 6.07) is 0. The van der Waals surface area contributed by atoms with Gasteiger partial charge in [-0.1, -0.05) is 12.2 Å². The lowest BCUT2D eigenvalue weighted by atomic mass is 9.93. The smallest absolute Gasteiger partial charge is 0.449 e. The van der Waals surface area contributed by atoms with E-state index in [2.05, 4.69) is 9.47 Å². The van der Waals surface area contributed by atoms with E-state index in [1.807, 2.05) is 6.08 Å². The van der Waals surface area contributed by atoms with Crippen molar-refractivity contribution in [2.75, 3.05) is 6.61 Å². The number of rotatable bonds is 2. The Morgan fingerprint density at radius 2 is 1.96 bits per heavy atom. The number of carbonyl (C=O) groups is 1. The van der Waals surface area contributed by atoms with Gasteiger partial charge in [-0.25, -0.2) is 0 Å². The molecule has 3 aliphatic rings. The van der Waals surface area contributed by atoms with Crippen molar-refractivity contribution in [1.29, 1.82) is 0 Å². The van der Waals surface area contributed by atoms with Crippen LogP contribution in [-0.2, 0) is 14.3 Å². The van der Waals surface area contributed by atoms with Crippen molar-refractivity contribution in [3.63, 3.8) is 0 Å². The molecular weight excluding hydrogens is 327 g/mol. The molecule has 1 N–H and O–H groups in total. The van der Waals surface area contributed by atoms with E-state index in [-0.39, 0.29) is 11.8 Å². The van der Waals surface area contributed by atoms with Gasteiger partial charge in [0.15, 0.2) is 6.10 Å². The number of fused-ring (bicyclic) bond motifs is 2. The number of hydrogen-bond donors (Lipinski definition) is 1. The predicted octanol–water partition coefficient (Wildman–Crippen LogP) is 2.42. The van der Waals surface area contributed by atoms with E-state index in [9.17, 15) is 31.9 Å². The van der Waals surface area contributed by atoms with Gasteiger partial charge in [-0.2, -0.15) is 22.0 Å². The van der Waals surface area contributed by atoms with Gasteiger partial charge in [0.1, 0.15) is 0 Å². The molecule has 1 aliphatic heterocycles. The second kappa shape index (κ2) is 5.14. The predicted molar refractivity (Wildman–Crippen MR) is 65.2 cm³/mol. The van der Waals surface area contributed by atoms with Gasteiger partial charge in [-0.15, -0.1) is 0 Å². The molecule has 5 unspecified atom stereocenters. The van der Waals surface area contributed by atoms with Crippen LogP contribution in [0.1, 0.15) is 19.3 Å². The normalized spacial score (nSPS) is 42.0. The molecular formula is C14H15F5O4. The van der Waals surface area contributed by atoms with Gasteiger partial charge in [0, 0.05) is 6.42 Å². The lowest BCUT2D eigenvalue weighted by Crippen LogP contribution is -2.68. The Hall–Kier alpha value is -1.22. The molecule has 0 radical (unpaired) electrons. The Bertz CT molecular complexity index is 532. The summed E-state index contributed by atoms with van der Waals surface area (Å²) < 4.78 is 75.0. The van der Waals surface area contributed by atoms with Crippen LogP contribution >= 0.6 is 0 Å². The van der Waals surface area contributed by atoms with Crippen LogP contribution in [0.2, 0.25) is 0 Å². The van der Waals surface area contributed by atoms with E-state index < -0.39 is 48.9 Å². The van der Waals surface area contributed by atoms with Gasteiger partial charge in [0.2, 0.25) is 0 Å². The fraction of sp³-hybridized carbons (Fsp3) is 0.786. The third-order valence-electron chi connectivity index (χ3n) is 4.77. The van der Waals surface area contributed by atoms with Gasteiger partial charge >= 0.3 is 23.9 Å². The summed E-state index contributed by atoms with van der Waals surface area (Å²) in [4.78, 5) is 12.1. The van der Waals surface area contributed by atoms with Gasteiger partial charge in [-0.3, -0.25) is 4.79 Å². The first-order valence-corrected chi connectivity index (χ1v) is 7.26. The van der Waals surface area contributed by atoms with Crippen molar-refractivity contribution >= 4 is 5.97 Å². The van der Waals surface area contributed by atoms with Gasteiger partial charge in [0.05, 0.1) is 12.5 Å². The minimum atomic E-state index is -5.71. The fourth-order valence-corrected chi connectivity index (χ4v) is 3.49. The third kappa shape index (κ3) is 2.44. The van der Waals surface area contributed by atoms with E-state index in [0.29, 0.717) is 6.42 Å². The zero-order valence-corrected chi connectivity index (χ0v) is 11.9. The molecule has 0 amide bonds. The van der Waals surface area contributed by atoms with Crippen LogP contribution < -0.4 is 0 Å². The maximum absolute atomic E-state index is 14.1. The highest BCUT2D eigenvalue weighted by Gasteiger charge is 2.76. The molecule has 23 heavy (non-hydrogen) atoms. The second-order valence-electron chi connectivity index (χ2n) is 6.21. The first-order chi connectivity index (χ1) is 10.6. The van der Waals surface area contributed by atoms with Crippen molar-refractivity contribution in [2.24, 2.45) is 17.8 Å². The number of aliphatic hydroxyl groups is 1. The molecule has 130 valence electrons. The molecule has 0 aromatic rings. The molecule has 2 bridgehead atoms. The minimum Gasteiger partial charge on any atom is -0.455 e. The Kier molecular flexibility index (Phi) is 3.72. The first-order valence-electron chi connectivity index (χ1n) is 7.26. The van der Waals surface area contributed by atoms with Crippen molar-refractivity contribution in [3.05, 3.63) is 12.2 Å². The number of hydrogen-bond acceptors (Lipinski definition) is 4. The number of halogens is 5. The van der Waals surface area contributed by atoms with Crippen LogP contribution in [0.15, 0.2) is 12.2 Å². The van der Waals surface area contributed by atoms with E-state index in [1.165, 1.54) is 0 Å². The molecule has 9 heteroatoms. The Morgan fingerprint density at radius 3 is 2.48 bits per heavy atom. The number of carbonyl (C=O) groups excluding carboxylic acids is 1. The first kappa shape index (κ1) is 16.6. The average Bonchev–Trinajstić information content (AvgIpc) is 3.05. The summed E-state index contributed by atoms with van der Waals surface area (Å²) in [5.74, 6) is -11.0. The Balaban J connectivity index is 1.75. The third-order valence-corrected chi connectivity index (χ3v) is 4.77. The van der Waals surface area contributed by atoms with E-state index in [4.69, 9.17) is 0 Å². The number of alkyl halides is 5. The lowest BCUT2D eigenvalue weighted by molar-refractivity contribution is -0.456. The van der Waals surface area contributed by atoms with Gasteiger partial charge in [-0.05, 0) is 24.7 Å². The molecule has 1 saturated carbocycles. The summed E-state index contributed by atoms with van der Waals surface area (Å²) in [6.45, 7) is -0.791. The number of esters is 1. The molecule has 1 saturated heterocycles. The highest BCUT2D eigenvalue weighted by Crippen LogP contribution is 2.50. The maximum Gasteiger partial charge on any atom is 0.449 e. The number of ether oxygens (including phenoxy) is 2. The highest BCUT2D eigenvalue weighted by atomic mass is 19.4. The molecule has 0 aromatic heterocycles. The van der Waals surface area contributed by atoms with Crippen LogP contribution in [0.5, 0.6) is 0 Å². The van der Waals surface area contributed by atoms with Crippen molar-refractivity contribution in [3.8, 4) is 0 Å². The van der Waals surface area contributed by atoms with Crippen molar-refractivity contribution in [2.45, 2.75) is 43.3 Å². The average molecular weight is 342 g/mol. The fourth-order valence-electron chi connectivity index (χ4n) is 3.49. The monoisotopic (exact) mass is 342 g/mol. The quantitative estimate of drug-likeness (QED) is 0.476. The van der Waals surface area contributed by atoms with Crippen LogP contribution in [-0.4, -0.2) is 41.7 Å². The minimum absolute atomic E-state index is 0.123. The van der Waals surface area contributed by atoms with Gasteiger partial charge < -0.3 is 14.6 Å². The molecule has 0 spiro atoms. The molecule has 5 atom stereocenters. The summed E-state index contributed by atoms with van der Waals surface area (Å²) in [5.41, 5.74) is 0. The van der Waals surface area contributed by atoms with Crippen LogP contribution in [0.4, 0.5) is 22.0 Å².